The number of aryl methyl sites for hydroxylation is 2. The van der Waals surface area contributed by atoms with Gasteiger partial charge in [-0.25, -0.2) is 4.98 Å². The van der Waals surface area contributed by atoms with Gasteiger partial charge in [-0.3, -0.25) is 9.48 Å². The van der Waals surface area contributed by atoms with E-state index in [-0.39, 0.29) is 8.76 Å². The van der Waals surface area contributed by atoms with Crippen LogP contribution in [0.25, 0.3) is 44.5 Å². The maximum absolute atomic E-state index is 12.2. The summed E-state index contributed by atoms with van der Waals surface area (Å²) < 4.78 is 1.56. The Labute approximate surface area is 248 Å². The molecule has 9 heteroatoms. The lowest BCUT2D eigenvalue weighted by molar-refractivity contribution is -0.111. The van der Waals surface area contributed by atoms with Gasteiger partial charge < -0.3 is 20.1 Å². The molecule has 5 aromatic rings. The third-order valence-electron chi connectivity index (χ3n) is 7.45. The standard InChI is InChI=1S/C33H34N8O.2H2/c1-7-30(42)37-28-17-23(9-8-21(28)2)31-26-16-24(27-20-36-41(6)29(27)18-34)19-35-33(26)38-32(31)22-10-12-25(13-11-22)40(5)15-14-39(3)4;;/h7-13,16-17,19-20H,1,14-15H2,2-6H3,(H,35,38)(H,37,42);2*1H. The first-order valence-corrected chi connectivity index (χ1v) is 13.6. The molecule has 0 unspecified atom stereocenters. The van der Waals surface area contributed by atoms with Gasteiger partial charge in [0.25, 0.3) is 0 Å². The minimum Gasteiger partial charge on any atom is -0.373 e. The van der Waals surface area contributed by atoms with E-state index < -0.39 is 0 Å². The number of nitrogens with zero attached hydrogens (tertiary/aromatic N) is 6. The molecule has 9 nitrogen and oxygen atoms in total. The number of fused-ring (bicyclic) bond motifs is 1. The van der Waals surface area contributed by atoms with Crippen LogP contribution < -0.4 is 10.2 Å². The Kier molecular flexibility index (Phi) is 7.91. The number of nitrogens with one attached hydrogen (secondary N) is 2. The molecule has 0 aliphatic rings. The molecule has 0 bridgehead atoms. The summed E-state index contributed by atoms with van der Waals surface area (Å²) in [6.45, 7) is 7.41. The molecule has 0 radical (unpaired) electrons. The van der Waals surface area contributed by atoms with Crippen LogP contribution in [0.1, 0.15) is 14.1 Å². The fraction of sp³-hybridized carbons (Fsp3) is 0.212. The van der Waals surface area contributed by atoms with Crippen molar-refractivity contribution in [3.05, 3.63) is 84.8 Å². The van der Waals surface area contributed by atoms with Gasteiger partial charge >= 0.3 is 0 Å². The molecular weight excluding hydrogens is 524 g/mol. The van der Waals surface area contributed by atoms with Crippen molar-refractivity contribution in [1.29, 1.82) is 5.26 Å². The lowest BCUT2D eigenvalue weighted by atomic mass is 9.96. The second-order valence-corrected chi connectivity index (χ2v) is 10.6. The number of hydrogen-bond donors (Lipinski definition) is 2. The van der Waals surface area contributed by atoms with Gasteiger partial charge in [0.2, 0.25) is 5.91 Å². The normalized spacial score (nSPS) is 11.1. The van der Waals surface area contributed by atoms with Crippen molar-refractivity contribution in [2.75, 3.05) is 44.4 Å². The van der Waals surface area contributed by atoms with Crippen molar-refractivity contribution in [2.45, 2.75) is 6.92 Å². The summed E-state index contributed by atoms with van der Waals surface area (Å²) in [7, 11) is 7.99. The maximum atomic E-state index is 12.2. The van der Waals surface area contributed by atoms with Crippen LogP contribution in [0.4, 0.5) is 11.4 Å². The van der Waals surface area contributed by atoms with Crippen LogP contribution in [0.5, 0.6) is 0 Å². The van der Waals surface area contributed by atoms with Gasteiger partial charge in [-0.2, -0.15) is 10.4 Å². The molecule has 2 aromatic carbocycles. The van der Waals surface area contributed by atoms with Crippen molar-refractivity contribution in [1.82, 2.24) is 24.6 Å². The zero-order valence-corrected chi connectivity index (χ0v) is 24.6. The smallest absolute Gasteiger partial charge is 0.247 e. The van der Waals surface area contributed by atoms with E-state index in [1.54, 1.807) is 24.1 Å². The van der Waals surface area contributed by atoms with E-state index in [9.17, 15) is 10.1 Å². The van der Waals surface area contributed by atoms with Gasteiger partial charge in [0.15, 0.2) is 0 Å². The summed E-state index contributed by atoms with van der Waals surface area (Å²) >= 11 is 0. The van der Waals surface area contributed by atoms with E-state index in [2.05, 4.69) is 83.3 Å². The van der Waals surface area contributed by atoms with E-state index >= 15 is 0 Å². The molecule has 0 saturated heterocycles. The fourth-order valence-electron chi connectivity index (χ4n) is 4.97. The molecule has 42 heavy (non-hydrogen) atoms. The number of pyridine rings is 1. The average Bonchev–Trinajstić information content (AvgIpc) is 3.56. The molecule has 3 aromatic heterocycles. The zero-order valence-electron chi connectivity index (χ0n) is 24.6. The molecular formula is C33H38N8O. The number of hydrogen-bond acceptors (Lipinski definition) is 6. The van der Waals surface area contributed by atoms with Gasteiger partial charge in [-0.1, -0.05) is 30.8 Å². The average molecular weight is 563 g/mol. The van der Waals surface area contributed by atoms with Crippen molar-refractivity contribution >= 4 is 28.3 Å². The van der Waals surface area contributed by atoms with Crippen LogP contribution in [0, 0.1) is 18.3 Å². The van der Waals surface area contributed by atoms with E-state index in [1.807, 2.05) is 31.2 Å². The number of aromatic nitrogens is 4. The van der Waals surface area contributed by atoms with Crippen LogP contribution in [-0.4, -0.2) is 64.8 Å². The van der Waals surface area contributed by atoms with E-state index in [0.29, 0.717) is 11.4 Å². The lowest BCUT2D eigenvalue weighted by Crippen LogP contribution is -2.28. The number of benzene rings is 2. The van der Waals surface area contributed by atoms with Crippen LogP contribution in [0.2, 0.25) is 0 Å². The van der Waals surface area contributed by atoms with Gasteiger partial charge in [0, 0.05) is 69.7 Å². The van der Waals surface area contributed by atoms with Gasteiger partial charge in [-0.05, 0) is 68.1 Å². The number of likely N-dealkylation sites (N-methyl/N-ethyl adjacent to an activating group) is 2. The van der Waals surface area contributed by atoms with E-state index in [1.165, 1.54) is 6.08 Å². The number of H-pyrrole nitrogens is 1. The summed E-state index contributed by atoms with van der Waals surface area (Å²) in [4.78, 5) is 24.9. The predicted octanol–water partition coefficient (Wildman–Crippen LogP) is 6.09. The van der Waals surface area contributed by atoms with Crippen molar-refractivity contribution in [3.63, 3.8) is 0 Å². The Morgan fingerprint density at radius 2 is 1.83 bits per heavy atom. The van der Waals surface area contributed by atoms with Crippen molar-refractivity contribution < 1.29 is 7.65 Å². The predicted molar refractivity (Wildman–Crippen MR) is 173 cm³/mol. The Morgan fingerprint density at radius 3 is 2.52 bits per heavy atom. The summed E-state index contributed by atoms with van der Waals surface area (Å²) in [5.41, 5.74) is 9.25. The molecule has 3 heterocycles. The summed E-state index contributed by atoms with van der Waals surface area (Å²) in [5.74, 6) is -0.270. The number of nitriles is 1. The highest BCUT2D eigenvalue weighted by molar-refractivity contribution is 6.05. The number of rotatable bonds is 9. The molecule has 2 N–H and O–H groups in total. The molecule has 0 atom stereocenters. The topological polar surface area (TPSA) is 106 Å². The molecule has 0 saturated carbocycles. The number of aromatic amines is 1. The van der Waals surface area contributed by atoms with Crippen LogP contribution in [0.15, 0.2) is 73.6 Å². The van der Waals surface area contributed by atoms with Gasteiger partial charge in [0.05, 0.1) is 11.9 Å². The van der Waals surface area contributed by atoms with Crippen LogP contribution in [-0.2, 0) is 11.8 Å². The summed E-state index contributed by atoms with van der Waals surface area (Å²) in [6, 6.07) is 18.8. The molecule has 0 spiro atoms. The van der Waals surface area contributed by atoms with Crippen LogP contribution in [0.3, 0.4) is 0 Å². The first kappa shape index (κ1) is 28.3. The van der Waals surface area contributed by atoms with Gasteiger partial charge in [-0.15, -0.1) is 0 Å². The van der Waals surface area contributed by atoms with Crippen LogP contribution >= 0.6 is 0 Å². The highest BCUT2D eigenvalue weighted by atomic mass is 16.1. The zero-order chi connectivity index (χ0) is 30.0. The maximum Gasteiger partial charge on any atom is 0.247 e. The number of amides is 1. The number of carbonyl (C=O) groups excluding carboxylic acids is 1. The second kappa shape index (κ2) is 11.7. The molecule has 1 amide bonds. The monoisotopic (exact) mass is 562 g/mol. The number of anilines is 2. The summed E-state index contributed by atoms with van der Waals surface area (Å²) in [5, 5.41) is 17.8. The minimum absolute atomic E-state index is 0. The molecule has 0 aliphatic carbocycles. The highest BCUT2D eigenvalue weighted by Crippen LogP contribution is 2.41. The largest absolute Gasteiger partial charge is 0.373 e. The third-order valence-corrected chi connectivity index (χ3v) is 7.45. The summed E-state index contributed by atoms with van der Waals surface area (Å²) in [6.07, 6.45) is 4.71. The van der Waals surface area contributed by atoms with Crippen molar-refractivity contribution in [3.8, 4) is 39.6 Å². The molecule has 5 rings (SSSR count). The van der Waals surface area contributed by atoms with Crippen molar-refractivity contribution in [2.24, 2.45) is 7.05 Å². The Hall–Kier alpha value is -5.20. The molecule has 0 fully saturated rings. The second-order valence-electron chi connectivity index (χ2n) is 10.6. The number of carbonyl (C=O) groups is 1. The van der Waals surface area contributed by atoms with E-state index in [0.717, 1.165) is 68.9 Å². The molecule has 216 valence electrons. The van der Waals surface area contributed by atoms with E-state index in [4.69, 9.17) is 4.98 Å². The quantitative estimate of drug-likeness (QED) is 0.211. The Balaban J connectivity index is 0.00000264. The lowest BCUT2D eigenvalue weighted by Gasteiger charge is -2.21. The minimum atomic E-state index is -0.270. The SMILES string of the molecule is C=CC(=O)Nc1cc(-c2c(-c3ccc(N(C)CCN(C)C)cc3)[nH]c3ncc(-c4cnn(C)c4C#N)cc23)ccc1C.[HH].[HH]. The molecule has 0 aliphatic heterocycles. The highest BCUT2D eigenvalue weighted by Gasteiger charge is 2.20. The van der Waals surface area contributed by atoms with Gasteiger partial charge in [0.1, 0.15) is 17.4 Å². The first-order chi connectivity index (χ1) is 20.2. The fourth-order valence-corrected chi connectivity index (χ4v) is 4.97. The Bertz CT molecular complexity index is 1830. The first-order valence-electron chi connectivity index (χ1n) is 13.6. The third kappa shape index (κ3) is 5.53. The Morgan fingerprint density at radius 1 is 1.10 bits per heavy atom.